The molecule has 0 radical (unpaired) electrons. The van der Waals surface area contributed by atoms with Crippen LogP contribution in [0, 0.1) is 46.3 Å². The number of hydrogen-bond acceptors (Lipinski definition) is 5. The number of aliphatic hydroxyl groups excluding tert-OH is 2. The molecule has 4 aliphatic rings. The Kier molecular flexibility index (Phi) is 8.16. The van der Waals surface area contributed by atoms with Crippen molar-refractivity contribution in [2.24, 2.45) is 46.3 Å². The summed E-state index contributed by atoms with van der Waals surface area (Å²) >= 11 is 0. The van der Waals surface area contributed by atoms with Gasteiger partial charge in [-0.05, 0) is 104 Å². The van der Waals surface area contributed by atoms with Crippen molar-refractivity contribution in [3.8, 4) is 0 Å². The van der Waals surface area contributed by atoms with Crippen LogP contribution in [0.4, 0.5) is 0 Å². The van der Waals surface area contributed by atoms with Crippen LogP contribution in [0.15, 0.2) is 0 Å². The Labute approximate surface area is 211 Å². The van der Waals surface area contributed by atoms with Crippen LogP contribution in [0.5, 0.6) is 0 Å². The number of aliphatic hydroxyl groups is 2. The number of hydrogen-bond donors (Lipinski definition) is 4. The van der Waals surface area contributed by atoms with Crippen LogP contribution in [-0.4, -0.2) is 53.0 Å². The summed E-state index contributed by atoms with van der Waals surface area (Å²) in [6.45, 7) is 7.60. The lowest BCUT2D eigenvalue weighted by atomic mass is 9.43. The Morgan fingerprint density at radius 1 is 1.11 bits per heavy atom. The zero-order valence-corrected chi connectivity index (χ0v) is 23.0. The Morgan fingerprint density at radius 2 is 1.86 bits per heavy atom. The first-order valence-corrected chi connectivity index (χ1v) is 15.7. The van der Waals surface area contributed by atoms with E-state index in [1.54, 1.807) is 0 Å². The third-order valence-electron chi connectivity index (χ3n) is 11.3. The molecule has 7 nitrogen and oxygen atoms in total. The molecule has 11 atom stereocenters. The van der Waals surface area contributed by atoms with E-state index in [9.17, 15) is 24.5 Å². The van der Waals surface area contributed by atoms with E-state index in [4.69, 9.17) is 0 Å². The summed E-state index contributed by atoms with van der Waals surface area (Å²) in [5.41, 5.74) is 0.170. The smallest absolute Gasteiger partial charge is 0.328 e. The Bertz CT molecular complexity index is 823. The van der Waals surface area contributed by atoms with E-state index in [1.807, 2.05) is 0 Å². The molecule has 4 rings (SSSR count). The minimum absolute atomic E-state index is 0.0161. The van der Waals surface area contributed by atoms with E-state index in [-0.39, 0.29) is 41.5 Å². The standard InChI is InChI=1S/C27H48NO6P/c1-17(10-13-28-25(31)11-14-35(32,33)34-4)21-7-8-22-20-6-5-18-15-19(29)9-12-26(18,2)23(20)16-24(30)27(21,22)3/h17-24,29-30H,5-16H2,1-4H3,(H,28,31)(H,32,33)/t17-,18-,19-,20?,21-,22?,23?,24+,26+,27-/m1/s1. The van der Waals surface area contributed by atoms with E-state index in [1.165, 1.54) is 26.4 Å². The average Bonchev–Trinajstić information content (AvgIpc) is 3.18. The Hall–Kier alpha value is -0.460. The SMILES string of the molecule is COP(=O)(O)CCC(=O)NCC[C@@H](C)[C@H]1CCC2C3CC[C@@H]4C[C@H](O)CC[C@]4(C)C3C[C@H](O)[C@@]21C. The first-order chi connectivity index (χ1) is 16.4. The molecule has 0 spiro atoms. The van der Waals surface area contributed by atoms with Gasteiger partial charge in [0.05, 0.1) is 18.4 Å². The van der Waals surface area contributed by atoms with E-state index in [2.05, 4.69) is 30.6 Å². The van der Waals surface area contributed by atoms with Crippen LogP contribution < -0.4 is 5.32 Å². The third-order valence-corrected chi connectivity index (χ3v) is 12.7. The number of carbonyl (C=O) groups is 1. The molecule has 0 aromatic carbocycles. The van der Waals surface area contributed by atoms with E-state index >= 15 is 0 Å². The Balaban J connectivity index is 1.36. The van der Waals surface area contributed by atoms with E-state index in [0.29, 0.717) is 42.1 Å². The first kappa shape index (κ1) is 27.6. The van der Waals surface area contributed by atoms with Crippen LogP contribution in [0.3, 0.4) is 0 Å². The Morgan fingerprint density at radius 3 is 2.57 bits per heavy atom. The summed E-state index contributed by atoms with van der Waals surface area (Å²) < 4.78 is 16.1. The van der Waals surface area contributed by atoms with Gasteiger partial charge in [-0.25, -0.2) is 0 Å². The fourth-order valence-corrected chi connectivity index (χ4v) is 9.89. The van der Waals surface area contributed by atoms with Crippen LogP contribution in [0.25, 0.3) is 0 Å². The molecular formula is C27H48NO6P. The lowest BCUT2D eigenvalue weighted by Crippen LogP contribution is -2.58. The summed E-state index contributed by atoms with van der Waals surface area (Å²) in [7, 11) is -2.47. The minimum Gasteiger partial charge on any atom is -0.393 e. The monoisotopic (exact) mass is 513 g/mol. The number of amides is 1. The average molecular weight is 514 g/mol. The summed E-state index contributed by atoms with van der Waals surface area (Å²) in [4.78, 5) is 21.6. The summed E-state index contributed by atoms with van der Waals surface area (Å²) in [6, 6.07) is 0. The molecule has 4 aliphatic carbocycles. The summed E-state index contributed by atoms with van der Waals surface area (Å²) in [6.07, 6.45) is 8.81. The van der Waals surface area contributed by atoms with Gasteiger partial charge < -0.3 is 24.9 Å². The van der Waals surface area contributed by atoms with Gasteiger partial charge in [-0.3, -0.25) is 9.36 Å². The van der Waals surface area contributed by atoms with Gasteiger partial charge in [-0.2, -0.15) is 0 Å². The van der Waals surface area contributed by atoms with Crippen molar-refractivity contribution in [3.63, 3.8) is 0 Å². The first-order valence-electron chi connectivity index (χ1n) is 13.9. The van der Waals surface area contributed by atoms with Crippen LogP contribution >= 0.6 is 7.60 Å². The maximum Gasteiger partial charge on any atom is 0.328 e. The van der Waals surface area contributed by atoms with Gasteiger partial charge in [0.2, 0.25) is 5.91 Å². The summed E-state index contributed by atoms with van der Waals surface area (Å²) in [5, 5.41) is 24.8. The summed E-state index contributed by atoms with van der Waals surface area (Å²) in [5.74, 6) is 2.98. The molecule has 0 aromatic rings. The fraction of sp³-hybridized carbons (Fsp3) is 0.963. The van der Waals surface area contributed by atoms with Gasteiger partial charge in [0.15, 0.2) is 0 Å². The molecule has 4 fully saturated rings. The molecular weight excluding hydrogens is 465 g/mol. The molecule has 35 heavy (non-hydrogen) atoms. The van der Waals surface area contributed by atoms with Crippen molar-refractivity contribution < 1.29 is 29.0 Å². The molecule has 0 bridgehead atoms. The second-order valence-corrected chi connectivity index (χ2v) is 14.9. The van der Waals surface area contributed by atoms with Crippen molar-refractivity contribution in [1.29, 1.82) is 0 Å². The molecule has 4 saturated carbocycles. The predicted molar refractivity (Wildman–Crippen MR) is 136 cm³/mol. The zero-order chi connectivity index (χ0) is 25.6. The van der Waals surface area contributed by atoms with Gasteiger partial charge in [0.25, 0.3) is 0 Å². The normalized spacial score (nSPS) is 45.5. The van der Waals surface area contributed by atoms with E-state index in [0.717, 1.165) is 38.5 Å². The second-order valence-electron chi connectivity index (χ2n) is 12.8. The number of rotatable bonds is 8. The maximum atomic E-state index is 12.1. The largest absolute Gasteiger partial charge is 0.393 e. The minimum atomic E-state index is -3.66. The van der Waals surface area contributed by atoms with Crippen LogP contribution in [0.1, 0.15) is 85.0 Å². The van der Waals surface area contributed by atoms with Gasteiger partial charge in [0, 0.05) is 20.1 Å². The molecule has 0 heterocycles. The lowest BCUT2D eigenvalue weighted by molar-refractivity contribution is -0.174. The second kappa shape index (κ2) is 10.4. The zero-order valence-electron chi connectivity index (χ0n) is 22.1. The predicted octanol–water partition coefficient (Wildman–Crippen LogP) is 4.34. The molecule has 1 amide bonds. The van der Waals surface area contributed by atoms with Crippen molar-refractivity contribution in [2.75, 3.05) is 19.8 Å². The van der Waals surface area contributed by atoms with Crippen LogP contribution in [0.2, 0.25) is 0 Å². The molecule has 0 aliphatic heterocycles. The molecule has 8 heteroatoms. The van der Waals surface area contributed by atoms with Gasteiger partial charge in [-0.1, -0.05) is 20.8 Å². The highest BCUT2D eigenvalue weighted by atomic mass is 31.2. The molecule has 4 unspecified atom stereocenters. The van der Waals surface area contributed by atoms with Crippen molar-refractivity contribution in [3.05, 3.63) is 0 Å². The van der Waals surface area contributed by atoms with Crippen molar-refractivity contribution >= 4 is 13.5 Å². The van der Waals surface area contributed by atoms with Crippen molar-refractivity contribution in [1.82, 2.24) is 5.32 Å². The quantitative estimate of drug-likeness (QED) is 0.359. The molecule has 202 valence electrons. The molecule has 0 aromatic heterocycles. The van der Waals surface area contributed by atoms with Crippen LogP contribution in [-0.2, 0) is 13.9 Å². The highest BCUT2D eigenvalue weighted by molar-refractivity contribution is 7.52. The van der Waals surface area contributed by atoms with Gasteiger partial charge >= 0.3 is 7.60 Å². The van der Waals surface area contributed by atoms with Crippen molar-refractivity contribution in [2.45, 2.75) is 97.2 Å². The lowest BCUT2D eigenvalue weighted by Gasteiger charge is -2.62. The van der Waals surface area contributed by atoms with Gasteiger partial charge in [0.1, 0.15) is 0 Å². The third kappa shape index (κ3) is 5.14. The topological polar surface area (TPSA) is 116 Å². The number of nitrogens with one attached hydrogen (secondary N) is 1. The highest BCUT2D eigenvalue weighted by Crippen LogP contribution is 2.68. The number of carbonyl (C=O) groups excluding carboxylic acids is 1. The molecule has 4 N–H and O–H groups in total. The van der Waals surface area contributed by atoms with Gasteiger partial charge in [-0.15, -0.1) is 0 Å². The molecule has 0 saturated heterocycles. The fourth-order valence-electron chi connectivity index (χ4n) is 9.22. The maximum absolute atomic E-state index is 12.1. The van der Waals surface area contributed by atoms with E-state index < -0.39 is 7.60 Å². The number of fused-ring (bicyclic) bond motifs is 5. The highest BCUT2D eigenvalue weighted by Gasteiger charge is 2.63.